The fourth-order valence-corrected chi connectivity index (χ4v) is 1.13. The summed E-state index contributed by atoms with van der Waals surface area (Å²) in [6.07, 6.45) is 0.399. The Labute approximate surface area is 98.2 Å². The first kappa shape index (κ1) is 13.2. The summed E-state index contributed by atoms with van der Waals surface area (Å²) >= 11 is 0. The average Bonchev–Trinajstić information content (AvgIpc) is 2.58. The largest absolute Gasteiger partial charge is 0.476 e. The molecule has 1 aromatic rings. The summed E-state index contributed by atoms with van der Waals surface area (Å²) in [5.74, 6) is -1.07. The van der Waals surface area contributed by atoms with Crippen molar-refractivity contribution in [2.75, 3.05) is 0 Å². The Morgan fingerprint density at radius 1 is 1.53 bits per heavy atom. The molecule has 0 aliphatic carbocycles. The summed E-state index contributed by atoms with van der Waals surface area (Å²) in [6.45, 7) is 5.08. The number of carboxylic acid groups (broad SMARTS) is 1. The SMILES string of the molecule is CC(C)(C)OC(=O)n1cc(C(=O)O)nc1CN. The minimum atomic E-state index is -1.22. The van der Waals surface area contributed by atoms with Crippen LogP contribution >= 0.6 is 0 Å². The quantitative estimate of drug-likeness (QED) is 0.793. The number of carbonyl (C=O) groups is 2. The number of aromatic carboxylic acids is 1. The van der Waals surface area contributed by atoms with Gasteiger partial charge in [-0.25, -0.2) is 19.1 Å². The van der Waals surface area contributed by atoms with Gasteiger partial charge in [-0.15, -0.1) is 0 Å². The molecule has 0 aromatic carbocycles. The van der Waals surface area contributed by atoms with Crippen LogP contribution in [-0.2, 0) is 11.3 Å². The van der Waals surface area contributed by atoms with E-state index in [9.17, 15) is 9.59 Å². The summed E-state index contributed by atoms with van der Waals surface area (Å²) in [6, 6.07) is 0. The molecule has 0 amide bonds. The van der Waals surface area contributed by atoms with Gasteiger partial charge < -0.3 is 15.6 Å². The lowest BCUT2D eigenvalue weighted by Gasteiger charge is -2.19. The molecule has 0 spiro atoms. The number of nitrogens with zero attached hydrogens (tertiary/aromatic N) is 2. The Morgan fingerprint density at radius 2 is 2.12 bits per heavy atom. The molecule has 0 aliphatic heterocycles. The Bertz CT molecular complexity index is 445. The molecular weight excluding hydrogens is 226 g/mol. The maximum absolute atomic E-state index is 11.7. The Morgan fingerprint density at radius 3 is 2.53 bits per heavy atom. The zero-order chi connectivity index (χ0) is 13.2. The number of hydrogen-bond acceptors (Lipinski definition) is 5. The number of carboxylic acids is 1. The normalized spacial score (nSPS) is 11.3. The number of hydrogen-bond donors (Lipinski definition) is 2. The Kier molecular flexibility index (Phi) is 3.52. The molecule has 17 heavy (non-hydrogen) atoms. The van der Waals surface area contributed by atoms with Crippen molar-refractivity contribution >= 4 is 12.1 Å². The van der Waals surface area contributed by atoms with E-state index >= 15 is 0 Å². The van der Waals surface area contributed by atoms with E-state index in [2.05, 4.69) is 4.98 Å². The van der Waals surface area contributed by atoms with E-state index < -0.39 is 17.7 Å². The fraction of sp³-hybridized carbons (Fsp3) is 0.500. The molecule has 0 unspecified atom stereocenters. The van der Waals surface area contributed by atoms with Crippen molar-refractivity contribution in [3.63, 3.8) is 0 Å². The zero-order valence-corrected chi connectivity index (χ0v) is 9.93. The van der Waals surface area contributed by atoms with Crippen LogP contribution in [0.3, 0.4) is 0 Å². The molecule has 7 heteroatoms. The van der Waals surface area contributed by atoms with Gasteiger partial charge in [0.05, 0.1) is 12.7 Å². The topological polar surface area (TPSA) is 107 Å². The van der Waals surface area contributed by atoms with E-state index in [4.69, 9.17) is 15.6 Å². The molecule has 7 nitrogen and oxygen atoms in total. The molecule has 1 aromatic heterocycles. The van der Waals surface area contributed by atoms with E-state index in [0.29, 0.717) is 0 Å². The number of ether oxygens (including phenoxy) is 1. The molecule has 0 atom stereocenters. The molecule has 0 saturated heterocycles. The fourth-order valence-electron chi connectivity index (χ4n) is 1.13. The van der Waals surface area contributed by atoms with Gasteiger partial charge in [0.2, 0.25) is 0 Å². The van der Waals surface area contributed by atoms with Crippen LogP contribution in [0.25, 0.3) is 0 Å². The van der Waals surface area contributed by atoms with E-state index in [-0.39, 0.29) is 18.1 Å². The predicted molar refractivity (Wildman–Crippen MR) is 58.7 cm³/mol. The second-order valence-electron chi connectivity index (χ2n) is 4.40. The zero-order valence-electron chi connectivity index (χ0n) is 9.93. The number of imidazole rings is 1. The van der Waals surface area contributed by atoms with Crippen molar-refractivity contribution in [3.05, 3.63) is 17.7 Å². The highest BCUT2D eigenvalue weighted by Crippen LogP contribution is 2.11. The van der Waals surface area contributed by atoms with Gasteiger partial charge in [0.1, 0.15) is 11.4 Å². The van der Waals surface area contributed by atoms with Gasteiger partial charge in [-0.1, -0.05) is 0 Å². The van der Waals surface area contributed by atoms with Crippen LogP contribution in [0, 0.1) is 0 Å². The van der Waals surface area contributed by atoms with Gasteiger partial charge in [0.15, 0.2) is 5.69 Å². The average molecular weight is 241 g/mol. The summed E-state index contributed by atoms with van der Waals surface area (Å²) in [5, 5.41) is 8.76. The first-order chi connectivity index (χ1) is 7.74. The van der Waals surface area contributed by atoms with Gasteiger partial charge in [-0.2, -0.15) is 0 Å². The number of aromatic nitrogens is 2. The summed E-state index contributed by atoms with van der Waals surface area (Å²) < 4.78 is 6.10. The molecule has 1 rings (SSSR count). The van der Waals surface area contributed by atoms with E-state index in [0.717, 1.165) is 10.8 Å². The second-order valence-corrected chi connectivity index (χ2v) is 4.40. The van der Waals surface area contributed by atoms with E-state index in [1.165, 1.54) is 0 Å². The van der Waals surface area contributed by atoms with Crippen LogP contribution in [0.2, 0.25) is 0 Å². The molecular formula is C10H15N3O4. The van der Waals surface area contributed by atoms with Crippen LogP contribution < -0.4 is 5.73 Å². The molecule has 94 valence electrons. The molecule has 0 fully saturated rings. The number of carbonyl (C=O) groups excluding carboxylic acids is 1. The van der Waals surface area contributed by atoms with Crippen LogP contribution in [0.5, 0.6) is 0 Å². The van der Waals surface area contributed by atoms with Crippen molar-refractivity contribution in [1.82, 2.24) is 9.55 Å². The molecule has 3 N–H and O–H groups in total. The van der Waals surface area contributed by atoms with E-state index in [1.807, 2.05) is 0 Å². The van der Waals surface area contributed by atoms with Gasteiger partial charge in [0.25, 0.3) is 0 Å². The lowest BCUT2D eigenvalue weighted by molar-refractivity contribution is 0.0532. The summed E-state index contributed by atoms with van der Waals surface area (Å²) in [4.78, 5) is 26.2. The van der Waals surface area contributed by atoms with Crippen molar-refractivity contribution in [1.29, 1.82) is 0 Å². The maximum atomic E-state index is 11.7. The molecule has 0 saturated carbocycles. The van der Waals surface area contributed by atoms with Gasteiger partial charge in [0, 0.05) is 0 Å². The minimum absolute atomic E-state index is 0.0491. The highest BCUT2D eigenvalue weighted by Gasteiger charge is 2.22. The third-order valence-electron chi connectivity index (χ3n) is 1.77. The highest BCUT2D eigenvalue weighted by molar-refractivity contribution is 5.86. The maximum Gasteiger partial charge on any atom is 0.420 e. The van der Waals surface area contributed by atoms with Crippen molar-refractivity contribution in [2.45, 2.75) is 32.9 Å². The van der Waals surface area contributed by atoms with Crippen molar-refractivity contribution in [2.24, 2.45) is 5.73 Å². The first-order valence-corrected chi connectivity index (χ1v) is 4.99. The lowest BCUT2D eigenvalue weighted by atomic mass is 10.2. The molecule has 1 heterocycles. The van der Waals surface area contributed by atoms with Crippen LogP contribution in [0.4, 0.5) is 4.79 Å². The molecule has 0 aliphatic rings. The smallest absolute Gasteiger partial charge is 0.420 e. The van der Waals surface area contributed by atoms with Crippen molar-refractivity contribution in [3.8, 4) is 0 Å². The van der Waals surface area contributed by atoms with Crippen LogP contribution in [-0.4, -0.2) is 32.3 Å². The summed E-state index contributed by atoms with van der Waals surface area (Å²) in [5.41, 5.74) is 4.47. The second kappa shape index (κ2) is 4.54. The van der Waals surface area contributed by atoms with Crippen molar-refractivity contribution < 1.29 is 19.4 Å². The van der Waals surface area contributed by atoms with Crippen LogP contribution in [0.15, 0.2) is 6.20 Å². The Balaban J connectivity index is 3.04. The lowest BCUT2D eigenvalue weighted by Crippen LogP contribution is -2.28. The third-order valence-corrected chi connectivity index (χ3v) is 1.77. The highest BCUT2D eigenvalue weighted by atomic mass is 16.6. The number of nitrogens with two attached hydrogens (primary N) is 1. The standard InChI is InChI=1S/C10H15N3O4/c1-10(2,3)17-9(16)13-5-6(8(14)15)12-7(13)4-11/h5H,4,11H2,1-3H3,(H,14,15). The first-order valence-electron chi connectivity index (χ1n) is 4.99. The van der Waals surface area contributed by atoms with Gasteiger partial charge in [-0.3, -0.25) is 0 Å². The summed E-state index contributed by atoms with van der Waals surface area (Å²) in [7, 11) is 0. The van der Waals surface area contributed by atoms with E-state index in [1.54, 1.807) is 20.8 Å². The minimum Gasteiger partial charge on any atom is -0.476 e. The third kappa shape index (κ3) is 3.28. The van der Waals surface area contributed by atoms with Crippen LogP contribution in [0.1, 0.15) is 37.1 Å². The molecule has 0 radical (unpaired) electrons. The van der Waals surface area contributed by atoms with Gasteiger partial charge >= 0.3 is 12.1 Å². The Hall–Kier alpha value is -1.89. The molecule has 0 bridgehead atoms. The predicted octanol–water partition coefficient (Wildman–Crippen LogP) is 0.823. The monoisotopic (exact) mass is 241 g/mol. The number of rotatable bonds is 2. The van der Waals surface area contributed by atoms with Gasteiger partial charge in [-0.05, 0) is 20.8 Å².